The van der Waals surface area contributed by atoms with E-state index in [0.29, 0.717) is 29.6 Å². The van der Waals surface area contributed by atoms with E-state index in [1.807, 2.05) is 12.1 Å². The number of fused-ring (bicyclic) bond motifs is 1. The summed E-state index contributed by atoms with van der Waals surface area (Å²) in [5, 5.41) is 0. The number of morpholine rings is 1. The molecule has 2 aromatic heterocycles. The number of aromatic nitrogens is 4. The number of aromatic amines is 1. The Kier molecular flexibility index (Phi) is 5.60. The second-order valence-corrected chi connectivity index (χ2v) is 7.16. The minimum absolute atomic E-state index is 0.278. The molecule has 1 aromatic carbocycles. The van der Waals surface area contributed by atoms with Gasteiger partial charge in [0.1, 0.15) is 17.9 Å². The number of nitrogens with zero attached hydrogens (tertiary/aromatic N) is 4. The van der Waals surface area contributed by atoms with Crippen LogP contribution in [0.3, 0.4) is 0 Å². The third kappa shape index (κ3) is 3.71. The van der Waals surface area contributed by atoms with Gasteiger partial charge in [-0.2, -0.15) is 0 Å². The maximum absolute atomic E-state index is 12.4. The average Bonchev–Trinajstić information content (AvgIpc) is 3.23. The van der Waals surface area contributed by atoms with E-state index in [4.69, 9.17) is 14.2 Å². The summed E-state index contributed by atoms with van der Waals surface area (Å²) in [4.78, 5) is 34.4. The van der Waals surface area contributed by atoms with Crippen LogP contribution < -0.4 is 20.7 Å². The first kappa shape index (κ1) is 20.2. The van der Waals surface area contributed by atoms with Gasteiger partial charge < -0.3 is 19.2 Å². The van der Waals surface area contributed by atoms with Crippen LogP contribution in [-0.4, -0.2) is 70.6 Å². The fourth-order valence-corrected chi connectivity index (χ4v) is 3.51. The van der Waals surface area contributed by atoms with Gasteiger partial charge in [-0.3, -0.25) is 18.8 Å². The Balaban J connectivity index is 1.62. The topological polar surface area (TPSA) is 104 Å². The molecule has 0 saturated carbocycles. The fraction of sp³-hybridized carbons (Fsp3) is 0.450. The molecule has 0 unspecified atom stereocenters. The quantitative estimate of drug-likeness (QED) is 0.619. The molecule has 1 saturated heterocycles. The number of hydrogen-bond donors (Lipinski definition) is 1. The number of methoxy groups -OCH3 is 1. The molecule has 1 fully saturated rings. The molecule has 1 aliphatic rings. The second kappa shape index (κ2) is 8.33. The lowest BCUT2D eigenvalue weighted by molar-refractivity contribution is 0.0321. The number of H-pyrrole nitrogens is 1. The molecule has 0 amide bonds. The van der Waals surface area contributed by atoms with E-state index in [9.17, 15) is 9.59 Å². The lowest BCUT2D eigenvalue weighted by Gasteiger charge is -2.26. The fourth-order valence-electron chi connectivity index (χ4n) is 3.51. The van der Waals surface area contributed by atoms with E-state index < -0.39 is 11.2 Å². The third-order valence-corrected chi connectivity index (χ3v) is 5.30. The van der Waals surface area contributed by atoms with Crippen molar-refractivity contribution >= 4 is 11.2 Å². The zero-order chi connectivity index (χ0) is 21.3. The van der Waals surface area contributed by atoms with Crippen LogP contribution in [0.1, 0.15) is 0 Å². The summed E-state index contributed by atoms with van der Waals surface area (Å²) < 4.78 is 19.2. The maximum Gasteiger partial charge on any atom is 0.332 e. The molecule has 0 atom stereocenters. The molecular weight excluding hydrogens is 390 g/mol. The summed E-state index contributed by atoms with van der Waals surface area (Å²) in [6.07, 6.45) is 0. The van der Waals surface area contributed by atoms with E-state index in [1.54, 1.807) is 20.2 Å². The van der Waals surface area contributed by atoms with Crippen molar-refractivity contribution in [3.8, 4) is 22.9 Å². The summed E-state index contributed by atoms with van der Waals surface area (Å²) in [6, 6.07) is 5.44. The molecule has 0 radical (unpaired) electrons. The lowest BCUT2D eigenvalue weighted by Crippen LogP contribution is -2.38. The summed E-state index contributed by atoms with van der Waals surface area (Å²) in [5.74, 6) is 1.68. The summed E-state index contributed by atoms with van der Waals surface area (Å²) in [5.41, 5.74) is 0.474. The molecule has 0 spiro atoms. The molecule has 30 heavy (non-hydrogen) atoms. The first-order valence-corrected chi connectivity index (χ1v) is 9.76. The van der Waals surface area contributed by atoms with Crippen molar-refractivity contribution in [2.24, 2.45) is 14.1 Å². The molecule has 3 heterocycles. The molecule has 10 nitrogen and oxygen atoms in total. The Morgan fingerprint density at radius 1 is 1.13 bits per heavy atom. The van der Waals surface area contributed by atoms with Crippen molar-refractivity contribution in [2.75, 3.05) is 46.6 Å². The van der Waals surface area contributed by atoms with Gasteiger partial charge >= 0.3 is 5.69 Å². The van der Waals surface area contributed by atoms with Gasteiger partial charge in [-0.15, -0.1) is 0 Å². The monoisotopic (exact) mass is 415 g/mol. The highest BCUT2D eigenvalue weighted by Gasteiger charge is 2.16. The van der Waals surface area contributed by atoms with Crippen LogP contribution in [0.15, 0.2) is 27.8 Å². The van der Waals surface area contributed by atoms with Crippen LogP contribution in [0, 0.1) is 0 Å². The molecule has 10 heteroatoms. The number of aryl methyl sites for hydroxylation is 1. The van der Waals surface area contributed by atoms with Crippen LogP contribution in [0.5, 0.6) is 11.5 Å². The second-order valence-electron chi connectivity index (χ2n) is 7.16. The molecule has 0 aliphatic carbocycles. The van der Waals surface area contributed by atoms with Gasteiger partial charge in [0.2, 0.25) is 0 Å². The Morgan fingerprint density at radius 2 is 1.90 bits per heavy atom. The van der Waals surface area contributed by atoms with Gasteiger partial charge in [0.05, 0.1) is 20.3 Å². The average molecular weight is 415 g/mol. The van der Waals surface area contributed by atoms with Gasteiger partial charge in [0.25, 0.3) is 5.56 Å². The highest BCUT2D eigenvalue weighted by atomic mass is 16.5. The van der Waals surface area contributed by atoms with Crippen molar-refractivity contribution in [3.05, 3.63) is 39.0 Å². The zero-order valence-electron chi connectivity index (χ0n) is 17.3. The van der Waals surface area contributed by atoms with Crippen molar-refractivity contribution in [1.29, 1.82) is 0 Å². The molecule has 0 bridgehead atoms. The molecular formula is C20H25N5O5. The largest absolute Gasteiger partial charge is 0.493 e. The molecule has 1 aliphatic heterocycles. The molecule has 4 rings (SSSR count). The highest BCUT2D eigenvalue weighted by molar-refractivity contribution is 5.76. The lowest BCUT2D eigenvalue weighted by atomic mass is 10.2. The number of hydrogen-bond acceptors (Lipinski definition) is 7. The van der Waals surface area contributed by atoms with E-state index in [1.165, 1.54) is 11.6 Å². The summed E-state index contributed by atoms with van der Waals surface area (Å²) in [6.45, 7) is 4.58. The first-order valence-electron chi connectivity index (χ1n) is 9.76. The van der Waals surface area contributed by atoms with Gasteiger partial charge in [-0.25, -0.2) is 9.78 Å². The minimum Gasteiger partial charge on any atom is -0.493 e. The molecule has 3 aromatic rings. The normalized spacial score (nSPS) is 14.9. The third-order valence-electron chi connectivity index (χ3n) is 5.30. The van der Waals surface area contributed by atoms with Crippen LogP contribution in [0.2, 0.25) is 0 Å². The van der Waals surface area contributed by atoms with E-state index in [2.05, 4.69) is 14.9 Å². The number of ether oxygens (including phenoxy) is 3. The predicted octanol–water partition coefficient (Wildman–Crippen LogP) is 0.347. The first-order chi connectivity index (χ1) is 14.5. The minimum atomic E-state index is -0.424. The molecule has 1 N–H and O–H groups in total. The van der Waals surface area contributed by atoms with Gasteiger partial charge in [0.15, 0.2) is 17.1 Å². The summed E-state index contributed by atoms with van der Waals surface area (Å²) >= 11 is 0. The highest BCUT2D eigenvalue weighted by Crippen LogP contribution is 2.32. The van der Waals surface area contributed by atoms with Gasteiger partial charge in [-0.05, 0) is 18.2 Å². The number of benzene rings is 1. The molecule has 160 valence electrons. The van der Waals surface area contributed by atoms with Crippen molar-refractivity contribution < 1.29 is 14.2 Å². The van der Waals surface area contributed by atoms with Gasteiger partial charge in [0, 0.05) is 39.3 Å². The smallest absolute Gasteiger partial charge is 0.332 e. The van der Waals surface area contributed by atoms with Crippen molar-refractivity contribution in [1.82, 2.24) is 24.0 Å². The summed E-state index contributed by atoms with van der Waals surface area (Å²) in [7, 11) is 4.62. The number of imidazole rings is 1. The van der Waals surface area contributed by atoms with Crippen LogP contribution in [-0.2, 0) is 18.8 Å². The Hall–Kier alpha value is -3.11. The van der Waals surface area contributed by atoms with Crippen molar-refractivity contribution in [2.45, 2.75) is 0 Å². The van der Waals surface area contributed by atoms with E-state index in [-0.39, 0.29) is 5.52 Å². The standard InChI is InChI=1S/C20H25N5O5/c1-23-18-16(19(26)24(2)20(23)27)21-17(22-18)13-4-5-14(28-3)15(12-13)30-11-8-25-6-9-29-10-7-25/h4-5,12H,6-11H2,1-3H3,(H,21,22). The Bertz CT molecular complexity index is 1170. The zero-order valence-corrected chi connectivity index (χ0v) is 17.3. The Labute approximate surface area is 172 Å². The van der Waals surface area contributed by atoms with Crippen LogP contribution in [0.25, 0.3) is 22.6 Å². The maximum atomic E-state index is 12.4. The van der Waals surface area contributed by atoms with E-state index in [0.717, 1.165) is 43.0 Å². The SMILES string of the molecule is COc1ccc(-c2nc3c([nH]2)c(=O)n(C)c(=O)n3C)cc1OCCN1CCOCC1. The number of nitrogens with one attached hydrogen (secondary N) is 1. The van der Waals surface area contributed by atoms with Crippen LogP contribution in [0.4, 0.5) is 0 Å². The van der Waals surface area contributed by atoms with Crippen LogP contribution >= 0.6 is 0 Å². The predicted molar refractivity (Wildman–Crippen MR) is 111 cm³/mol. The van der Waals surface area contributed by atoms with Crippen molar-refractivity contribution in [3.63, 3.8) is 0 Å². The number of rotatable bonds is 6. The van der Waals surface area contributed by atoms with Gasteiger partial charge in [-0.1, -0.05) is 0 Å². The van der Waals surface area contributed by atoms with E-state index >= 15 is 0 Å². The Morgan fingerprint density at radius 3 is 2.63 bits per heavy atom.